The number of rotatable bonds is 7. The van der Waals surface area contributed by atoms with Crippen molar-refractivity contribution in [2.24, 2.45) is 0 Å². The molecule has 0 radical (unpaired) electrons. The van der Waals surface area contributed by atoms with Crippen LogP contribution in [0.3, 0.4) is 0 Å². The molecule has 1 rings (SSSR count). The third-order valence-electron chi connectivity index (χ3n) is 2.48. The average molecular weight is 297 g/mol. The standard InChI is InChI=1S/C15H22O4P/c1-11(2)18-9-10-20(17)14-8-6-5-7-13(14)15(16)19-12(3)4/h5-8,11-12H,9-10H2,1-4H3/q+1. The van der Waals surface area contributed by atoms with E-state index in [2.05, 4.69) is 0 Å². The first-order chi connectivity index (χ1) is 9.41. The fourth-order valence-corrected chi connectivity index (χ4v) is 2.83. The number of esters is 1. The second kappa shape index (κ2) is 8.13. The van der Waals surface area contributed by atoms with E-state index in [0.29, 0.717) is 23.6 Å². The number of hydrogen-bond donors (Lipinski definition) is 0. The van der Waals surface area contributed by atoms with E-state index >= 15 is 0 Å². The molecule has 0 saturated carbocycles. The Labute approximate surface area is 121 Å². The molecule has 1 atom stereocenters. The maximum atomic E-state index is 12.3. The molecule has 1 aromatic carbocycles. The summed E-state index contributed by atoms with van der Waals surface area (Å²) in [6, 6.07) is 6.88. The molecule has 0 fully saturated rings. The van der Waals surface area contributed by atoms with Gasteiger partial charge in [-0.1, -0.05) is 16.7 Å². The molecule has 20 heavy (non-hydrogen) atoms. The lowest BCUT2D eigenvalue weighted by Crippen LogP contribution is -2.19. The number of ether oxygens (including phenoxy) is 2. The van der Waals surface area contributed by atoms with Crippen LogP contribution >= 0.6 is 7.80 Å². The summed E-state index contributed by atoms with van der Waals surface area (Å²) in [6.45, 7) is 7.86. The van der Waals surface area contributed by atoms with Gasteiger partial charge in [0.05, 0.1) is 18.8 Å². The highest BCUT2D eigenvalue weighted by Gasteiger charge is 2.27. The Morgan fingerprint density at radius 1 is 1.15 bits per heavy atom. The van der Waals surface area contributed by atoms with Crippen LogP contribution in [0, 0.1) is 0 Å². The predicted octanol–water partition coefficient (Wildman–Crippen LogP) is 3.13. The molecule has 0 aliphatic carbocycles. The van der Waals surface area contributed by atoms with E-state index in [1.54, 1.807) is 38.1 Å². The second-order valence-corrected chi connectivity index (χ2v) is 6.68. The summed E-state index contributed by atoms with van der Waals surface area (Å²) in [5, 5.41) is 0.542. The molecule has 1 aromatic rings. The Balaban J connectivity index is 2.79. The average Bonchev–Trinajstić information content (AvgIpc) is 2.37. The van der Waals surface area contributed by atoms with Gasteiger partial charge in [-0.2, -0.15) is 0 Å². The van der Waals surface area contributed by atoms with E-state index in [0.717, 1.165) is 0 Å². The highest BCUT2D eigenvalue weighted by molar-refractivity contribution is 7.53. The third-order valence-corrected chi connectivity index (χ3v) is 4.00. The number of hydrogen-bond acceptors (Lipinski definition) is 4. The maximum absolute atomic E-state index is 12.3. The third kappa shape index (κ3) is 5.40. The molecular formula is C15H22O4P+. The lowest BCUT2D eigenvalue weighted by molar-refractivity contribution is 0.0379. The van der Waals surface area contributed by atoms with E-state index in [1.807, 2.05) is 13.8 Å². The fourth-order valence-electron chi connectivity index (χ4n) is 1.63. The number of carbonyl (C=O) groups excluding carboxylic acids is 1. The summed E-state index contributed by atoms with van der Waals surface area (Å²) in [5.74, 6) is -0.427. The van der Waals surface area contributed by atoms with Gasteiger partial charge in [0.1, 0.15) is 5.56 Å². The number of carbonyl (C=O) groups is 1. The molecule has 0 aliphatic rings. The highest BCUT2D eigenvalue weighted by Crippen LogP contribution is 2.22. The van der Waals surface area contributed by atoms with Crippen LogP contribution in [0.4, 0.5) is 0 Å². The van der Waals surface area contributed by atoms with Crippen LogP contribution in [0.25, 0.3) is 0 Å². The first-order valence-corrected chi connectivity index (χ1v) is 8.22. The molecule has 0 spiro atoms. The fraction of sp³-hybridized carbons (Fsp3) is 0.533. The quantitative estimate of drug-likeness (QED) is 0.573. The van der Waals surface area contributed by atoms with Crippen molar-refractivity contribution in [2.75, 3.05) is 12.8 Å². The van der Waals surface area contributed by atoms with Crippen LogP contribution < -0.4 is 5.30 Å². The van der Waals surface area contributed by atoms with Gasteiger partial charge in [0.15, 0.2) is 6.16 Å². The van der Waals surface area contributed by atoms with Crippen molar-refractivity contribution < 1.29 is 18.8 Å². The van der Waals surface area contributed by atoms with E-state index in [1.165, 1.54) is 0 Å². The molecular weight excluding hydrogens is 275 g/mol. The van der Waals surface area contributed by atoms with Gasteiger partial charge in [0, 0.05) is 0 Å². The van der Waals surface area contributed by atoms with Crippen molar-refractivity contribution in [3.05, 3.63) is 29.8 Å². The van der Waals surface area contributed by atoms with Crippen molar-refractivity contribution in [1.29, 1.82) is 0 Å². The SMILES string of the molecule is CC(C)OCC[P+](=O)c1ccccc1C(=O)OC(C)C. The molecule has 0 saturated heterocycles. The van der Waals surface area contributed by atoms with Crippen molar-refractivity contribution >= 4 is 19.1 Å². The van der Waals surface area contributed by atoms with Gasteiger partial charge in [0.25, 0.3) is 0 Å². The first kappa shape index (κ1) is 16.8. The first-order valence-electron chi connectivity index (χ1n) is 6.78. The van der Waals surface area contributed by atoms with E-state index in [4.69, 9.17) is 9.47 Å². The smallest absolute Gasteiger partial charge is 0.380 e. The van der Waals surface area contributed by atoms with Crippen LogP contribution in [0.2, 0.25) is 0 Å². The Morgan fingerprint density at radius 3 is 2.40 bits per heavy atom. The Kier molecular flexibility index (Phi) is 6.83. The second-order valence-electron chi connectivity index (χ2n) is 4.99. The van der Waals surface area contributed by atoms with Crippen LogP contribution in [0.5, 0.6) is 0 Å². The van der Waals surface area contributed by atoms with Gasteiger partial charge in [-0.15, -0.1) is 0 Å². The number of benzene rings is 1. The molecule has 1 unspecified atom stereocenters. The maximum Gasteiger partial charge on any atom is 0.380 e. The summed E-state index contributed by atoms with van der Waals surface area (Å²) < 4.78 is 22.9. The Morgan fingerprint density at radius 2 is 1.80 bits per heavy atom. The van der Waals surface area contributed by atoms with Crippen LogP contribution in [-0.2, 0) is 14.0 Å². The summed E-state index contributed by atoms with van der Waals surface area (Å²) in [7, 11) is -1.66. The largest absolute Gasteiger partial charge is 0.459 e. The monoisotopic (exact) mass is 297 g/mol. The molecule has 5 heteroatoms. The van der Waals surface area contributed by atoms with Gasteiger partial charge in [-0.25, -0.2) is 4.79 Å². The van der Waals surface area contributed by atoms with E-state index < -0.39 is 13.8 Å². The van der Waals surface area contributed by atoms with Gasteiger partial charge in [0.2, 0.25) is 5.30 Å². The van der Waals surface area contributed by atoms with Crippen LogP contribution in [-0.4, -0.2) is 30.9 Å². The van der Waals surface area contributed by atoms with Gasteiger partial charge >= 0.3 is 13.8 Å². The molecule has 0 aliphatic heterocycles. The lowest BCUT2D eigenvalue weighted by Gasteiger charge is -2.08. The summed E-state index contributed by atoms with van der Waals surface area (Å²) in [4.78, 5) is 12.0. The molecule has 0 aromatic heterocycles. The van der Waals surface area contributed by atoms with Crippen LogP contribution in [0.1, 0.15) is 38.1 Å². The Bertz CT molecular complexity index is 469. The van der Waals surface area contributed by atoms with Crippen molar-refractivity contribution in [1.82, 2.24) is 0 Å². The van der Waals surface area contributed by atoms with E-state index in [9.17, 15) is 9.36 Å². The van der Waals surface area contributed by atoms with Crippen molar-refractivity contribution in [3.8, 4) is 0 Å². The predicted molar refractivity (Wildman–Crippen MR) is 80.2 cm³/mol. The molecule has 0 N–H and O–H groups in total. The molecule has 0 amide bonds. The van der Waals surface area contributed by atoms with Gasteiger partial charge < -0.3 is 9.47 Å². The Hall–Kier alpha value is -1.25. The normalized spacial score (nSPS) is 11.8. The van der Waals surface area contributed by atoms with Crippen molar-refractivity contribution in [2.45, 2.75) is 39.9 Å². The summed E-state index contributed by atoms with van der Waals surface area (Å²) in [6.07, 6.45) is 0.316. The highest BCUT2D eigenvalue weighted by atomic mass is 31.1. The molecule has 0 heterocycles. The topological polar surface area (TPSA) is 52.6 Å². The van der Waals surface area contributed by atoms with Crippen molar-refractivity contribution in [3.63, 3.8) is 0 Å². The molecule has 110 valence electrons. The van der Waals surface area contributed by atoms with Gasteiger partial charge in [-0.05, 0) is 39.8 Å². The zero-order valence-corrected chi connectivity index (χ0v) is 13.4. The summed E-state index contributed by atoms with van der Waals surface area (Å²) >= 11 is 0. The summed E-state index contributed by atoms with van der Waals surface area (Å²) in [5.41, 5.74) is 0.381. The van der Waals surface area contributed by atoms with Crippen LogP contribution in [0.15, 0.2) is 24.3 Å². The zero-order chi connectivity index (χ0) is 15.1. The van der Waals surface area contributed by atoms with Gasteiger partial charge in [-0.3, -0.25) is 0 Å². The minimum absolute atomic E-state index is 0.111. The molecule has 0 bridgehead atoms. The molecule has 4 nitrogen and oxygen atoms in total. The minimum atomic E-state index is -1.66. The van der Waals surface area contributed by atoms with E-state index in [-0.39, 0.29) is 12.2 Å². The lowest BCUT2D eigenvalue weighted by atomic mass is 10.2. The minimum Gasteiger partial charge on any atom is -0.459 e. The zero-order valence-electron chi connectivity index (χ0n) is 12.5.